The minimum absolute atomic E-state index is 0.112. The summed E-state index contributed by atoms with van der Waals surface area (Å²) >= 11 is 7.48. The molecule has 2 N–H and O–H groups in total. The van der Waals surface area contributed by atoms with Crippen LogP contribution in [0.3, 0.4) is 0 Å². The van der Waals surface area contributed by atoms with Crippen LogP contribution in [-0.2, 0) is 4.79 Å². The maximum Gasteiger partial charge on any atom is 0.266 e. The molecule has 1 amide bonds. The van der Waals surface area contributed by atoms with Gasteiger partial charge in [-0.05, 0) is 49.2 Å². The maximum atomic E-state index is 12.5. The fraction of sp³-hybridized carbons (Fsp3) is 0.143. The van der Waals surface area contributed by atoms with E-state index in [1.165, 1.54) is 22.3 Å². The summed E-state index contributed by atoms with van der Waals surface area (Å²) in [6.45, 7) is 4.02. The fourth-order valence-corrected chi connectivity index (χ4v) is 3.86. The van der Waals surface area contributed by atoms with E-state index in [1.807, 2.05) is 44.2 Å². The normalized spacial score (nSPS) is 11.0. The molecule has 0 fully saturated rings. The van der Waals surface area contributed by atoms with Gasteiger partial charge in [-0.1, -0.05) is 41.6 Å². The summed E-state index contributed by atoms with van der Waals surface area (Å²) in [7, 11) is 0. The van der Waals surface area contributed by atoms with E-state index in [0.717, 1.165) is 16.8 Å². The molecular weight excluding hydrogens is 422 g/mol. The number of carbonyl (C=O) groups excluding carboxylic acids is 1. The first-order chi connectivity index (χ1) is 14.4. The van der Waals surface area contributed by atoms with Crippen LogP contribution in [0.15, 0.2) is 58.5 Å². The second kappa shape index (κ2) is 8.33. The van der Waals surface area contributed by atoms with Gasteiger partial charge in [0, 0.05) is 17.3 Å². The number of hydrogen-bond acceptors (Lipinski definition) is 5. The third-order valence-electron chi connectivity index (χ3n) is 4.56. The molecule has 0 atom stereocenters. The van der Waals surface area contributed by atoms with Gasteiger partial charge in [0.25, 0.3) is 5.56 Å². The zero-order chi connectivity index (χ0) is 21.3. The molecule has 152 valence electrons. The van der Waals surface area contributed by atoms with Crippen molar-refractivity contribution < 1.29 is 4.79 Å². The smallest absolute Gasteiger partial charge is 0.266 e. The van der Waals surface area contributed by atoms with Crippen LogP contribution in [0.1, 0.15) is 11.1 Å². The van der Waals surface area contributed by atoms with E-state index in [-0.39, 0.29) is 17.2 Å². The first-order valence-electron chi connectivity index (χ1n) is 9.15. The molecule has 2 aromatic heterocycles. The molecule has 0 radical (unpaired) electrons. The number of benzene rings is 2. The first-order valence-corrected chi connectivity index (χ1v) is 10.5. The highest BCUT2D eigenvalue weighted by Crippen LogP contribution is 2.27. The van der Waals surface area contributed by atoms with E-state index in [4.69, 9.17) is 11.6 Å². The molecule has 0 saturated heterocycles. The van der Waals surface area contributed by atoms with Crippen LogP contribution in [0.5, 0.6) is 0 Å². The van der Waals surface area contributed by atoms with E-state index in [2.05, 4.69) is 20.4 Å². The second-order valence-corrected chi connectivity index (χ2v) is 8.11. The number of carbonyl (C=O) groups is 1. The van der Waals surface area contributed by atoms with Crippen LogP contribution in [0.25, 0.3) is 17.0 Å². The van der Waals surface area contributed by atoms with Crippen molar-refractivity contribution in [1.29, 1.82) is 0 Å². The number of thioether (sulfide) groups is 1. The van der Waals surface area contributed by atoms with Crippen LogP contribution < -0.4 is 10.9 Å². The Morgan fingerprint density at radius 1 is 1.13 bits per heavy atom. The van der Waals surface area contributed by atoms with Crippen molar-refractivity contribution in [2.45, 2.75) is 19.0 Å². The Kier molecular flexibility index (Phi) is 5.61. The van der Waals surface area contributed by atoms with E-state index in [1.54, 1.807) is 12.1 Å². The van der Waals surface area contributed by atoms with Crippen molar-refractivity contribution >= 4 is 40.6 Å². The Morgan fingerprint density at radius 3 is 2.70 bits per heavy atom. The molecule has 2 heterocycles. The van der Waals surface area contributed by atoms with Gasteiger partial charge in [-0.2, -0.15) is 0 Å². The lowest BCUT2D eigenvalue weighted by Gasteiger charge is -2.09. The highest BCUT2D eigenvalue weighted by atomic mass is 35.5. The van der Waals surface area contributed by atoms with Crippen molar-refractivity contribution in [2.75, 3.05) is 11.1 Å². The molecule has 9 heteroatoms. The van der Waals surface area contributed by atoms with Gasteiger partial charge < -0.3 is 5.32 Å². The predicted octanol–water partition coefficient (Wildman–Crippen LogP) is 4.09. The Hall–Kier alpha value is -3.10. The van der Waals surface area contributed by atoms with Gasteiger partial charge in [-0.3, -0.25) is 14.7 Å². The molecule has 0 spiro atoms. The molecule has 0 bridgehead atoms. The summed E-state index contributed by atoms with van der Waals surface area (Å²) in [6.07, 6.45) is 0. The molecular formula is C21H18ClN5O2S. The van der Waals surface area contributed by atoms with Crippen LogP contribution in [-0.4, -0.2) is 31.2 Å². The lowest BCUT2D eigenvalue weighted by atomic mass is 10.1. The third-order valence-corrected chi connectivity index (χ3v) is 5.83. The number of nitrogens with one attached hydrogen (secondary N) is 2. The molecule has 0 unspecified atom stereocenters. The Bertz CT molecular complexity index is 1310. The van der Waals surface area contributed by atoms with Gasteiger partial charge >= 0.3 is 0 Å². The molecule has 4 rings (SSSR count). The zero-order valence-corrected chi connectivity index (χ0v) is 17.8. The number of amides is 1. The lowest BCUT2D eigenvalue weighted by Crippen LogP contribution is -2.15. The van der Waals surface area contributed by atoms with Crippen LogP contribution >= 0.6 is 23.4 Å². The molecule has 7 nitrogen and oxygen atoms in total. The highest BCUT2D eigenvalue weighted by Gasteiger charge is 2.15. The molecule has 2 aromatic carbocycles. The number of fused-ring (bicyclic) bond motifs is 1. The highest BCUT2D eigenvalue weighted by molar-refractivity contribution is 7.99. The number of anilines is 1. The Balaban J connectivity index is 1.60. The van der Waals surface area contributed by atoms with Gasteiger partial charge in [0.05, 0.1) is 10.8 Å². The van der Waals surface area contributed by atoms with E-state index in [9.17, 15) is 9.59 Å². The summed E-state index contributed by atoms with van der Waals surface area (Å²) in [5.41, 5.74) is 3.75. The summed E-state index contributed by atoms with van der Waals surface area (Å²) in [5, 5.41) is 6.48. The van der Waals surface area contributed by atoms with Gasteiger partial charge in [-0.15, -0.1) is 0 Å². The van der Waals surface area contributed by atoms with Crippen molar-refractivity contribution in [3.63, 3.8) is 0 Å². The summed E-state index contributed by atoms with van der Waals surface area (Å²) in [5.74, 6) is 0.321. The van der Waals surface area contributed by atoms with E-state index in [0.29, 0.717) is 27.2 Å². The lowest BCUT2D eigenvalue weighted by molar-refractivity contribution is -0.113. The molecule has 30 heavy (non-hydrogen) atoms. The topological polar surface area (TPSA) is 92.2 Å². The summed E-state index contributed by atoms with van der Waals surface area (Å²) in [6, 6.07) is 14.3. The Morgan fingerprint density at radius 2 is 1.93 bits per heavy atom. The summed E-state index contributed by atoms with van der Waals surface area (Å²) < 4.78 is 1.47. The van der Waals surface area contributed by atoms with Crippen LogP contribution in [0.4, 0.5) is 5.69 Å². The average molecular weight is 440 g/mol. The van der Waals surface area contributed by atoms with Crippen molar-refractivity contribution in [1.82, 2.24) is 19.6 Å². The number of nitrogens with zero attached hydrogens (tertiary/aromatic N) is 3. The molecule has 0 saturated carbocycles. The fourth-order valence-electron chi connectivity index (χ4n) is 2.89. The van der Waals surface area contributed by atoms with E-state index < -0.39 is 0 Å². The van der Waals surface area contributed by atoms with E-state index >= 15 is 0 Å². The largest absolute Gasteiger partial charge is 0.325 e. The minimum atomic E-state index is -0.304. The van der Waals surface area contributed by atoms with Crippen LogP contribution in [0.2, 0.25) is 5.02 Å². The molecule has 0 aliphatic heterocycles. The maximum absolute atomic E-state index is 12.5. The van der Waals surface area contributed by atoms with Gasteiger partial charge in [0.2, 0.25) is 5.91 Å². The SMILES string of the molecule is Cc1ccc(NC(=O)CSc2nc(-c3ccccc3Cl)nc3cc(=O)[nH]n23)cc1C. The van der Waals surface area contributed by atoms with Crippen molar-refractivity contribution in [3.8, 4) is 11.4 Å². The second-order valence-electron chi connectivity index (χ2n) is 6.76. The van der Waals surface area contributed by atoms with Crippen LogP contribution in [0, 0.1) is 13.8 Å². The monoisotopic (exact) mass is 439 g/mol. The zero-order valence-electron chi connectivity index (χ0n) is 16.3. The number of aromatic amines is 1. The molecule has 0 aliphatic rings. The first kappa shape index (κ1) is 20.2. The van der Waals surface area contributed by atoms with Gasteiger partial charge in [0.15, 0.2) is 16.6 Å². The number of halogens is 1. The van der Waals surface area contributed by atoms with Gasteiger partial charge in [0.1, 0.15) is 0 Å². The Labute approximate surface area is 181 Å². The standard InChI is InChI=1S/C21H18ClN5O2S/c1-12-7-8-14(9-13(12)2)23-19(29)11-30-21-25-20(15-5-3-4-6-16(15)22)24-17-10-18(28)26-27(17)21/h3-10H,11H2,1-2H3,(H,23,29)(H,26,28). The van der Waals surface area contributed by atoms with Gasteiger partial charge in [-0.25, -0.2) is 14.5 Å². The number of hydrogen-bond donors (Lipinski definition) is 2. The average Bonchev–Trinajstić information content (AvgIpc) is 3.09. The number of aromatic nitrogens is 4. The summed E-state index contributed by atoms with van der Waals surface area (Å²) in [4.78, 5) is 33.2. The minimum Gasteiger partial charge on any atom is -0.325 e. The number of aryl methyl sites for hydroxylation is 2. The molecule has 4 aromatic rings. The van der Waals surface area contributed by atoms with Crippen molar-refractivity contribution in [2.24, 2.45) is 0 Å². The predicted molar refractivity (Wildman–Crippen MR) is 119 cm³/mol. The number of H-pyrrole nitrogens is 1. The number of rotatable bonds is 5. The molecule has 0 aliphatic carbocycles. The van der Waals surface area contributed by atoms with Crippen molar-refractivity contribution in [3.05, 3.63) is 75.0 Å². The quantitative estimate of drug-likeness (QED) is 0.457. The third kappa shape index (κ3) is 4.24.